The van der Waals surface area contributed by atoms with Crippen molar-refractivity contribution in [3.8, 4) is 0 Å². The minimum atomic E-state index is 0.311. The molecule has 0 spiro atoms. The van der Waals surface area contributed by atoms with Gasteiger partial charge in [0.1, 0.15) is 5.78 Å². The highest BCUT2D eigenvalue weighted by Gasteiger charge is 2.25. The normalized spacial score (nSPS) is 24.5. The van der Waals surface area contributed by atoms with E-state index < -0.39 is 0 Å². The van der Waals surface area contributed by atoms with E-state index in [4.69, 9.17) is 0 Å². The Balaban J connectivity index is 2.46. The molecule has 1 atom stereocenters. The van der Waals surface area contributed by atoms with Crippen LogP contribution in [0.5, 0.6) is 0 Å². The van der Waals surface area contributed by atoms with Gasteiger partial charge in [-0.2, -0.15) is 0 Å². The average Bonchev–Trinajstić information content (AvgIpc) is 2.25. The monoisotopic (exact) mass is 211 g/mol. The molecular formula is C13H25NO. The Labute approximate surface area is 94.0 Å². The second-order valence-corrected chi connectivity index (χ2v) is 5.81. The van der Waals surface area contributed by atoms with Crippen LogP contribution in [0.1, 0.15) is 53.4 Å². The number of carbonyl (C=O) groups is 1. The molecule has 2 heteroatoms. The lowest BCUT2D eigenvalue weighted by molar-refractivity contribution is -0.118. The predicted molar refractivity (Wildman–Crippen MR) is 64.0 cm³/mol. The van der Waals surface area contributed by atoms with Crippen molar-refractivity contribution >= 4 is 5.78 Å². The summed E-state index contributed by atoms with van der Waals surface area (Å²) >= 11 is 0. The van der Waals surface area contributed by atoms with Gasteiger partial charge >= 0.3 is 0 Å². The molecule has 1 fully saturated rings. The van der Waals surface area contributed by atoms with Crippen LogP contribution in [0.3, 0.4) is 0 Å². The zero-order chi connectivity index (χ0) is 11.5. The highest BCUT2D eigenvalue weighted by atomic mass is 16.1. The lowest BCUT2D eigenvalue weighted by Crippen LogP contribution is -2.35. The Hall–Kier alpha value is -0.370. The van der Waals surface area contributed by atoms with Crippen molar-refractivity contribution in [3.05, 3.63) is 0 Å². The molecule has 1 aliphatic rings. The largest absolute Gasteiger partial charge is 0.300 e. The number of hydrogen-bond acceptors (Lipinski definition) is 2. The Morgan fingerprint density at radius 2 is 2.00 bits per heavy atom. The maximum Gasteiger partial charge on any atom is 0.131 e. The highest BCUT2D eigenvalue weighted by Crippen LogP contribution is 2.30. The molecule has 0 N–H and O–H groups in total. The number of nitrogens with zero attached hydrogens (tertiary/aromatic N) is 1. The lowest BCUT2D eigenvalue weighted by atomic mass is 9.85. The van der Waals surface area contributed by atoms with Gasteiger partial charge in [0.15, 0.2) is 0 Å². The van der Waals surface area contributed by atoms with Crippen LogP contribution >= 0.6 is 0 Å². The van der Waals surface area contributed by atoms with E-state index in [1.165, 1.54) is 19.3 Å². The molecule has 1 aliphatic heterocycles. The number of rotatable bonds is 3. The van der Waals surface area contributed by atoms with Crippen LogP contribution in [0.15, 0.2) is 0 Å². The van der Waals surface area contributed by atoms with Gasteiger partial charge in [0.05, 0.1) is 0 Å². The van der Waals surface area contributed by atoms with Crippen molar-refractivity contribution in [1.82, 2.24) is 4.90 Å². The van der Waals surface area contributed by atoms with Crippen LogP contribution < -0.4 is 0 Å². The third-order valence-corrected chi connectivity index (χ3v) is 3.58. The maximum atomic E-state index is 11.1. The van der Waals surface area contributed by atoms with E-state index in [0.29, 0.717) is 23.7 Å². The first-order chi connectivity index (χ1) is 6.91. The quantitative estimate of drug-likeness (QED) is 0.715. The van der Waals surface area contributed by atoms with Gasteiger partial charge in [0.2, 0.25) is 0 Å². The molecule has 0 amide bonds. The Bertz CT molecular complexity index is 223. The van der Waals surface area contributed by atoms with Gasteiger partial charge in [-0.05, 0) is 51.6 Å². The summed E-state index contributed by atoms with van der Waals surface area (Å²) in [6.45, 7) is 10.9. The van der Waals surface area contributed by atoms with E-state index in [9.17, 15) is 4.79 Å². The van der Waals surface area contributed by atoms with Crippen molar-refractivity contribution in [2.24, 2.45) is 5.41 Å². The molecule has 1 heterocycles. The number of Topliss-reactive ketones (excluding diaryl/α,β-unsaturated/α-hetero) is 1. The summed E-state index contributed by atoms with van der Waals surface area (Å²) < 4.78 is 0. The number of hydrogen-bond donors (Lipinski definition) is 0. The van der Waals surface area contributed by atoms with Gasteiger partial charge in [-0.25, -0.2) is 0 Å². The summed E-state index contributed by atoms with van der Waals surface area (Å²) in [5, 5.41) is 0. The summed E-state index contributed by atoms with van der Waals surface area (Å²) in [6, 6.07) is 0.427. The van der Waals surface area contributed by atoms with Gasteiger partial charge in [-0.15, -0.1) is 0 Å². The van der Waals surface area contributed by atoms with E-state index >= 15 is 0 Å². The molecule has 0 radical (unpaired) electrons. The predicted octanol–water partition coefficient (Wildman–Crippen LogP) is 2.87. The van der Waals surface area contributed by atoms with Gasteiger partial charge in [-0.3, -0.25) is 4.79 Å². The van der Waals surface area contributed by atoms with Crippen LogP contribution in [0.25, 0.3) is 0 Å². The number of carbonyl (C=O) groups excluding carboxylic acids is 1. The van der Waals surface area contributed by atoms with Gasteiger partial charge < -0.3 is 4.90 Å². The van der Waals surface area contributed by atoms with Gasteiger partial charge in [0, 0.05) is 12.5 Å². The SMILES string of the molecule is CC(=O)CC(C)N1CCCC(C)(C)CC1. The van der Waals surface area contributed by atoms with E-state index in [1.807, 2.05) is 0 Å². The van der Waals surface area contributed by atoms with E-state index in [2.05, 4.69) is 25.7 Å². The molecule has 1 rings (SSSR count). The molecule has 0 aromatic rings. The maximum absolute atomic E-state index is 11.1. The standard InChI is InChI=1S/C13H25NO/c1-11(10-12(2)15)14-8-5-6-13(3,4)7-9-14/h11H,5-10H2,1-4H3. The summed E-state index contributed by atoms with van der Waals surface area (Å²) in [5.41, 5.74) is 0.491. The van der Waals surface area contributed by atoms with Crippen LogP contribution in [0, 0.1) is 5.41 Å². The van der Waals surface area contributed by atoms with Crippen molar-refractivity contribution < 1.29 is 4.79 Å². The first-order valence-corrected chi connectivity index (χ1v) is 6.14. The summed E-state index contributed by atoms with van der Waals surface area (Å²) in [7, 11) is 0. The zero-order valence-electron chi connectivity index (χ0n) is 10.7. The van der Waals surface area contributed by atoms with Crippen molar-refractivity contribution in [3.63, 3.8) is 0 Å². The molecule has 0 aromatic heterocycles. The Morgan fingerprint density at radius 3 is 2.60 bits per heavy atom. The molecule has 1 unspecified atom stereocenters. The molecule has 0 bridgehead atoms. The minimum Gasteiger partial charge on any atom is -0.300 e. The number of likely N-dealkylation sites (tertiary alicyclic amines) is 1. The molecule has 88 valence electrons. The minimum absolute atomic E-state index is 0.311. The molecular weight excluding hydrogens is 186 g/mol. The summed E-state index contributed by atoms with van der Waals surface area (Å²) in [6.07, 6.45) is 4.56. The third kappa shape index (κ3) is 4.33. The van der Waals surface area contributed by atoms with Crippen molar-refractivity contribution in [2.75, 3.05) is 13.1 Å². The fourth-order valence-electron chi connectivity index (χ4n) is 2.43. The van der Waals surface area contributed by atoms with Crippen LogP contribution in [-0.2, 0) is 4.79 Å². The summed E-state index contributed by atoms with van der Waals surface area (Å²) in [5.74, 6) is 0.311. The molecule has 1 saturated heterocycles. The van der Waals surface area contributed by atoms with Gasteiger partial charge in [0.25, 0.3) is 0 Å². The smallest absolute Gasteiger partial charge is 0.131 e. The first kappa shape index (κ1) is 12.7. The second kappa shape index (κ2) is 5.11. The van der Waals surface area contributed by atoms with Crippen molar-refractivity contribution in [1.29, 1.82) is 0 Å². The average molecular weight is 211 g/mol. The molecule has 2 nitrogen and oxygen atoms in total. The zero-order valence-corrected chi connectivity index (χ0v) is 10.7. The second-order valence-electron chi connectivity index (χ2n) is 5.81. The molecule has 0 aromatic carbocycles. The molecule has 0 aliphatic carbocycles. The van der Waals surface area contributed by atoms with Gasteiger partial charge in [-0.1, -0.05) is 13.8 Å². The highest BCUT2D eigenvalue weighted by molar-refractivity contribution is 5.76. The lowest BCUT2D eigenvalue weighted by Gasteiger charge is -2.27. The Morgan fingerprint density at radius 1 is 1.33 bits per heavy atom. The van der Waals surface area contributed by atoms with Crippen LogP contribution in [-0.4, -0.2) is 29.8 Å². The number of ketones is 1. The molecule has 15 heavy (non-hydrogen) atoms. The summed E-state index contributed by atoms with van der Waals surface area (Å²) in [4.78, 5) is 13.6. The topological polar surface area (TPSA) is 20.3 Å². The first-order valence-electron chi connectivity index (χ1n) is 6.14. The van der Waals surface area contributed by atoms with Crippen molar-refractivity contribution in [2.45, 2.75) is 59.4 Å². The third-order valence-electron chi connectivity index (χ3n) is 3.58. The fourth-order valence-corrected chi connectivity index (χ4v) is 2.43. The Kier molecular flexibility index (Phi) is 4.32. The van der Waals surface area contributed by atoms with Crippen LogP contribution in [0.4, 0.5) is 0 Å². The van der Waals surface area contributed by atoms with E-state index in [-0.39, 0.29) is 0 Å². The van der Waals surface area contributed by atoms with E-state index in [1.54, 1.807) is 6.92 Å². The van der Waals surface area contributed by atoms with Crippen LogP contribution in [0.2, 0.25) is 0 Å². The molecule has 0 saturated carbocycles. The fraction of sp³-hybridized carbons (Fsp3) is 0.923. The van der Waals surface area contributed by atoms with E-state index in [0.717, 1.165) is 13.1 Å².